The molecule has 26 heavy (non-hydrogen) atoms. The zero-order chi connectivity index (χ0) is 18.4. The number of hydrogen-bond acceptors (Lipinski definition) is 3. The van der Waals surface area contributed by atoms with Crippen LogP contribution < -0.4 is 10.1 Å². The highest BCUT2D eigenvalue weighted by Gasteiger charge is 2.09. The number of halogens is 2. The number of aromatic nitrogens is 2. The third-order valence-electron chi connectivity index (χ3n) is 3.68. The Morgan fingerprint density at radius 1 is 1.08 bits per heavy atom. The van der Waals surface area contributed by atoms with Crippen LogP contribution in [0.4, 0.5) is 8.78 Å². The lowest BCUT2D eigenvalue weighted by atomic mass is 10.2. The van der Waals surface area contributed by atoms with E-state index in [1.807, 2.05) is 30.3 Å². The molecule has 0 aliphatic heterocycles. The van der Waals surface area contributed by atoms with Gasteiger partial charge in [0.15, 0.2) is 0 Å². The van der Waals surface area contributed by atoms with Crippen LogP contribution in [0.2, 0.25) is 0 Å². The maximum atomic E-state index is 12.2. The summed E-state index contributed by atoms with van der Waals surface area (Å²) < 4.78 is 30.2. The first kappa shape index (κ1) is 17.6. The van der Waals surface area contributed by atoms with Crippen LogP contribution in [0.5, 0.6) is 5.75 Å². The van der Waals surface area contributed by atoms with Crippen LogP contribution in [0.25, 0.3) is 0 Å². The van der Waals surface area contributed by atoms with Crippen molar-refractivity contribution < 1.29 is 18.3 Å². The molecule has 0 saturated heterocycles. The van der Waals surface area contributed by atoms with E-state index in [0.29, 0.717) is 12.1 Å². The van der Waals surface area contributed by atoms with Crippen molar-refractivity contribution in [3.63, 3.8) is 0 Å². The Hall–Kier alpha value is -3.22. The number of alkyl halides is 2. The van der Waals surface area contributed by atoms with Crippen LogP contribution in [0.1, 0.15) is 21.5 Å². The fourth-order valence-corrected chi connectivity index (χ4v) is 2.41. The fourth-order valence-electron chi connectivity index (χ4n) is 2.41. The van der Waals surface area contributed by atoms with Gasteiger partial charge in [-0.15, -0.1) is 0 Å². The zero-order valence-electron chi connectivity index (χ0n) is 13.8. The number of benzene rings is 2. The van der Waals surface area contributed by atoms with Gasteiger partial charge < -0.3 is 10.1 Å². The normalized spacial score (nSPS) is 10.7. The summed E-state index contributed by atoms with van der Waals surface area (Å²) in [5.41, 5.74) is 2.32. The topological polar surface area (TPSA) is 56.1 Å². The van der Waals surface area contributed by atoms with Crippen LogP contribution in [0.15, 0.2) is 67.0 Å². The van der Waals surface area contributed by atoms with Gasteiger partial charge in [0.25, 0.3) is 5.91 Å². The predicted octanol–water partition coefficient (Wildman–Crippen LogP) is 3.46. The monoisotopic (exact) mass is 357 g/mol. The van der Waals surface area contributed by atoms with E-state index in [2.05, 4.69) is 15.2 Å². The predicted molar refractivity (Wildman–Crippen MR) is 92.0 cm³/mol. The Morgan fingerprint density at radius 2 is 1.81 bits per heavy atom. The molecular weight excluding hydrogens is 340 g/mol. The van der Waals surface area contributed by atoms with E-state index in [9.17, 15) is 13.6 Å². The van der Waals surface area contributed by atoms with Crippen molar-refractivity contribution in [2.45, 2.75) is 19.7 Å². The van der Waals surface area contributed by atoms with Gasteiger partial charge in [-0.05, 0) is 23.3 Å². The number of amides is 1. The molecule has 0 radical (unpaired) electrons. The fraction of sp³-hybridized carbons (Fsp3) is 0.158. The summed E-state index contributed by atoms with van der Waals surface area (Å²) in [5.74, 6) is -0.172. The van der Waals surface area contributed by atoms with Crippen LogP contribution in [0, 0.1) is 0 Å². The second-order valence-electron chi connectivity index (χ2n) is 5.62. The molecule has 0 aliphatic carbocycles. The minimum absolute atomic E-state index is 0.0808. The second kappa shape index (κ2) is 8.24. The summed E-state index contributed by atoms with van der Waals surface area (Å²) >= 11 is 0. The van der Waals surface area contributed by atoms with Crippen LogP contribution in [0.3, 0.4) is 0 Å². The summed E-state index contributed by atoms with van der Waals surface area (Å²) in [7, 11) is 0. The quantitative estimate of drug-likeness (QED) is 0.705. The summed E-state index contributed by atoms with van der Waals surface area (Å²) in [6.45, 7) is -2.00. The molecule has 7 heteroatoms. The Balaban J connectivity index is 1.53. The van der Waals surface area contributed by atoms with Gasteiger partial charge >= 0.3 is 6.61 Å². The van der Waals surface area contributed by atoms with Gasteiger partial charge in [0, 0.05) is 12.7 Å². The van der Waals surface area contributed by atoms with Crippen LogP contribution in [-0.2, 0) is 13.1 Å². The molecule has 1 N–H and O–H groups in total. The molecule has 0 spiro atoms. The number of nitrogens with one attached hydrogen (secondary N) is 1. The average molecular weight is 357 g/mol. The van der Waals surface area contributed by atoms with Gasteiger partial charge in [0.05, 0.1) is 18.3 Å². The molecule has 2 aromatic carbocycles. The number of carbonyl (C=O) groups excluding carboxylic acids is 1. The lowest BCUT2D eigenvalue weighted by Gasteiger charge is -2.07. The molecule has 134 valence electrons. The van der Waals surface area contributed by atoms with E-state index in [1.165, 1.54) is 18.3 Å². The minimum atomic E-state index is -2.85. The summed E-state index contributed by atoms with van der Waals surface area (Å²) in [4.78, 5) is 12.2. The summed E-state index contributed by atoms with van der Waals surface area (Å²) in [6.07, 6.45) is 3.19. The lowest BCUT2D eigenvalue weighted by Crippen LogP contribution is -2.22. The Labute approximate surface area is 149 Å². The molecule has 0 aliphatic rings. The third-order valence-corrected chi connectivity index (χ3v) is 3.68. The summed E-state index contributed by atoms with van der Waals surface area (Å²) in [5, 5.41) is 6.97. The standard InChI is InChI=1S/C19H17F2N3O2/c20-19(21)26-17-8-6-14(7-9-17)10-22-18(25)16-11-23-24(13-16)12-15-4-2-1-3-5-15/h1-9,11,13,19H,10,12H2,(H,22,25). The van der Waals surface area contributed by atoms with Crippen molar-refractivity contribution in [3.8, 4) is 5.75 Å². The average Bonchev–Trinajstić information content (AvgIpc) is 3.10. The van der Waals surface area contributed by atoms with Crippen molar-refractivity contribution in [1.82, 2.24) is 15.1 Å². The molecule has 1 heterocycles. The SMILES string of the molecule is O=C(NCc1ccc(OC(F)F)cc1)c1cnn(Cc2ccccc2)c1. The molecule has 1 aromatic heterocycles. The smallest absolute Gasteiger partial charge is 0.387 e. The van der Waals surface area contributed by atoms with E-state index in [0.717, 1.165) is 11.1 Å². The van der Waals surface area contributed by atoms with Crippen molar-refractivity contribution in [1.29, 1.82) is 0 Å². The number of carbonyl (C=O) groups is 1. The Bertz CT molecular complexity index is 849. The highest BCUT2D eigenvalue weighted by Crippen LogP contribution is 2.15. The van der Waals surface area contributed by atoms with E-state index in [4.69, 9.17) is 0 Å². The van der Waals surface area contributed by atoms with Gasteiger partial charge in [0.1, 0.15) is 5.75 Å². The van der Waals surface area contributed by atoms with Crippen LogP contribution in [-0.4, -0.2) is 22.3 Å². The highest BCUT2D eigenvalue weighted by atomic mass is 19.3. The van der Waals surface area contributed by atoms with Crippen molar-refractivity contribution >= 4 is 5.91 Å². The number of nitrogens with zero attached hydrogens (tertiary/aromatic N) is 2. The molecule has 5 nitrogen and oxygen atoms in total. The zero-order valence-corrected chi connectivity index (χ0v) is 13.8. The van der Waals surface area contributed by atoms with Gasteiger partial charge in [-0.25, -0.2) is 0 Å². The molecular formula is C19H17F2N3O2. The van der Waals surface area contributed by atoms with E-state index in [-0.39, 0.29) is 18.2 Å². The number of ether oxygens (including phenoxy) is 1. The Kier molecular flexibility index (Phi) is 5.58. The largest absolute Gasteiger partial charge is 0.435 e. The molecule has 3 aromatic rings. The van der Waals surface area contributed by atoms with Crippen LogP contribution >= 0.6 is 0 Å². The maximum Gasteiger partial charge on any atom is 0.387 e. The molecule has 0 bridgehead atoms. The third kappa shape index (κ3) is 4.89. The van der Waals surface area contributed by atoms with Gasteiger partial charge in [-0.3, -0.25) is 9.48 Å². The van der Waals surface area contributed by atoms with E-state index < -0.39 is 6.61 Å². The first-order valence-electron chi connectivity index (χ1n) is 7.98. The first-order valence-corrected chi connectivity index (χ1v) is 7.98. The number of hydrogen-bond donors (Lipinski definition) is 1. The molecule has 0 saturated carbocycles. The molecule has 1 amide bonds. The van der Waals surface area contributed by atoms with Gasteiger partial charge in [-0.2, -0.15) is 13.9 Å². The number of rotatable bonds is 7. The molecule has 0 unspecified atom stereocenters. The van der Waals surface area contributed by atoms with Crippen molar-refractivity contribution in [2.24, 2.45) is 0 Å². The minimum Gasteiger partial charge on any atom is -0.435 e. The highest BCUT2D eigenvalue weighted by molar-refractivity contribution is 5.93. The van der Waals surface area contributed by atoms with Crippen molar-refractivity contribution in [2.75, 3.05) is 0 Å². The molecule has 3 rings (SSSR count). The second-order valence-corrected chi connectivity index (χ2v) is 5.62. The Morgan fingerprint density at radius 3 is 2.50 bits per heavy atom. The first-order chi connectivity index (χ1) is 12.6. The van der Waals surface area contributed by atoms with Crippen molar-refractivity contribution in [3.05, 3.63) is 83.7 Å². The molecule has 0 atom stereocenters. The maximum absolute atomic E-state index is 12.2. The molecule has 0 fully saturated rings. The van der Waals surface area contributed by atoms with E-state index in [1.54, 1.807) is 23.0 Å². The summed E-state index contributed by atoms with van der Waals surface area (Å²) in [6, 6.07) is 15.9. The van der Waals surface area contributed by atoms with Gasteiger partial charge in [-0.1, -0.05) is 42.5 Å². The van der Waals surface area contributed by atoms with Gasteiger partial charge in [0.2, 0.25) is 0 Å². The lowest BCUT2D eigenvalue weighted by molar-refractivity contribution is -0.0498. The van der Waals surface area contributed by atoms with E-state index >= 15 is 0 Å².